The van der Waals surface area contributed by atoms with Gasteiger partial charge in [-0.15, -0.1) is 11.3 Å². The fraction of sp³-hybridized carbons (Fsp3) is 0.714. The van der Waals surface area contributed by atoms with Crippen LogP contribution in [-0.2, 0) is 6.42 Å². The maximum absolute atomic E-state index is 12.6. The van der Waals surface area contributed by atoms with Crippen molar-refractivity contribution in [3.8, 4) is 0 Å². The molecule has 3 rings (SSSR count). The Kier molecular flexibility index (Phi) is 3.58. The Balaban J connectivity index is 1.73. The van der Waals surface area contributed by atoms with E-state index in [1.54, 1.807) is 11.3 Å². The van der Waals surface area contributed by atoms with E-state index in [-0.39, 0.29) is 5.91 Å². The van der Waals surface area contributed by atoms with Gasteiger partial charge in [-0.3, -0.25) is 4.79 Å². The second-order valence-corrected chi connectivity index (χ2v) is 6.74. The molecule has 1 amide bonds. The summed E-state index contributed by atoms with van der Waals surface area (Å²) < 4.78 is 0. The van der Waals surface area contributed by atoms with Crippen molar-refractivity contribution in [1.82, 2.24) is 15.2 Å². The van der Waals surface area contributed by atoms with Gasteiger partial charge in [-0.1, -0.05) is 6.92 Å². The second kappa shape index (κ2) is 5.21. The fourth-order valence-corrected chi connectivity index (χ4v) is 4.27. The van der Waals surface area contributed by atoms with Crippen LogP contribution in [0.4, 0.5) is 0 Å². The fourth-order valence-electron chi connectivity index (χ4n) is 3.14. The minimum absolute atomic E-state index is 0.201. The summed E-state index contributed by atoms with van der Waals surface area (Å²) in [5.41, 5.74) is 0.911. The van der Waals surface area contributed by atoms with Gasteiger partial charge in [0.05, 0.1) is 10.7 Å². The van der Waals surface area contributed by atoms with E-state index in [0.29, 0.717) is 11.8 Å². The first-order chi connectivity index (χ1) is 9.19. The lowest BCUT2D eigenvalue weighted by Crippen LogP contribution is -2.31. The Bertz CT molecular complexity index is 473. The number of thiazole rings is 1. The van der Waals surface area contributed by atoms with Crippen LogP contribution < -0.4 is 5.32 Å². The van der Waals surface area contributed by atoms with Gasteiger partial charge < -0.3 is 10.2 Å². The van der Waals surface area contributed by atoms with Crippen LogP contribution in [0.25, 0.3) is 0 Å². The molecule has 2 fully saturated rings. The third kappa shape index (κ3) is 2.41. The van der Waals surface area contributed by atoms with Crippen LogP contribution in [0.15, 0.2) is 0 Å². The van der Waals surface area contributed by atoms with E-state index in [2.05, 4.69) is 17.2 Å². The summed E-state index contributed by atoms with van der Waals surface area (Å²) in [5.74, 6) is 1.52. The number of amides is 1. The monoisotopic (exact) mass is 279 g/mol. The highest BCUT2D eigenvalue weighted by atomic mass is 32.1. The summed E-state index contributed by atoms with van der Waals surface area (Å²) in [6.07, 6.45) is 2.06. The van der Waals surface area contributed by atoms with Crippen LogP contribution in [0.1, 0.15) is 33.7 Å². The largest absolute Gasteiger partial charge is 0.337 e. The topological polar surface area (TPSA) is 45.2 Å². The van der Waals surface area contributed by atoms with Crippen LogP contribution in [0.2, 0.25) is 0 Å². The van der Waals surface area contributed by atoms with Gasteiger partial charge in [-0.25, -0.2) is 4.98 Å². The maximum Gasteiger partial charge on any atom is 0.265 e. The Hall–Kier alpha value is -0.940. The zero-order valence-electron chi connectivity index (χ0n) is 11.6. The molecule has 0 radical (unpaired) electrons. The van der Waals surface area contributed by atoms with Gasteiger partial charge >= 0.3 is 0 Å². The van der Waals surface area contributed by atoms with Crippen molar-refractivity contribution in [1.29, 1.82) is 0 Å². The number of aromatic nitrogens is 1. The van der Waals surface area contributed by atoms with Gasteiger partial charge in [0, 0.05) is 26.2 Å². The van der Waals surface area contributed by atoms with Crippen LogP contribution in [0, 0.1) is 18.8 Å². The first-order valence-corrected chi connectivity index (χ1v) is 7.97. The smallest absolute Gasteiger partial charge is 0.265 e. The molecule has 19 heavy (non-hydrogen) atoms. The van der Waals surface area contributed by atoms with E-state index in [1.807, 2.05) is 11.8 Å². The molecule has 1 N–H and O–H groups in total. The molecule has 2 atom stereocenters. The Morgan fingerprint density at radius 1 is 1.42 bits per heavy atom. The number of aryl methyl sites for hydroxylation is 2. The molecule has 2 aliphatic rings. The summed E-state index contributed by atoms with van der Waals surface area (Å²) in [7, 11) is 0. The van der Waals surface area contributed by atoms with Gasteiger partial charge in [-0.05, 0) is 31.6 Å². The molecule has 1 aromatic rings. The third-order valence-corrected chi connectivity index (χ3v) is 5.38. The van der Waals surface area contributed by atoms with Crippen LogP contribution in [0.5, 0.6) is 0 Å². The molecular weight excluding hydrogens is 258 g/mol. The number of fused-ring (bicyclic) bond motifs is 1. The molecule has 1 aromatic heterocycles. The number of hydrogen-bond donors (Lipinski definition) is 1. The van der Waals surface area contributed by atoms with Crippen molar-refractivity contribution in [3.05, 3.63) is 15.6 Å². The Morgan fingerprint density at radius 2 is 2.11 bits per heavy atom. The number of hydrogen-bond acceptors (Lipinski definition) is 4. The zero-order chi connectivity index (χ0) is 13.4. The van der Waals surface area contributed by atoms with Crippen molar-refractivity contribution >= 4 is 17.2 Å². The molecule has 2 saturated heterocycles. The number of carbonyl (C=O) groups is 1. The lowest BCUT2D eigenvalue weighted by Gasteiger charge is -2.16. The number of nitrogens with one attached hydrogen (secondary N) is 1. The molecule has 0 bridgehead atoms. The molecule has 4 nitrogen and oxygen atoms in total. The molecule has 0 spiro atoms. The summed E-state index contributed by atoms with van der Waals surface area (Å²) in [6, 6.07) is 0. The summed E-state index contributed by atoms with van der Waals surface area (Å²) >= 11 is 1.59. The highest BCUT2D eigenvalue weighted by Gasteiger charge is 2.38. The second-order valence-electron chi connectivity index (χ2n) is 5.66. The van der Waals surface area contributed by atoms with Crippen LogP contribution in [0.3, 0.4) is 0 Å². The van der Waals surface area contributed by atoms with Crippen molar-refractivity contribution in [3.63, 3.8) is 0 Å². The first kappa shape index (κ1) is 13.1. The molecule has 0 aliphatic carbocycles. The van der Waals surface area contributed by atoms with Gasteiger partial charge in [-0.2, -0.15) is 0 Å². The van der Waals surface area contributed by atoms with Crippen LogP contribution >= 0.6 is 11.3 Å². The molecule has 0 unspecified atom stereocenters. The Labute approximate surface area is 118 Å². The highest BCUT2D eigenvalue weighted by Crippen LogP contribution is 2.29. The maximum atomic E-state index is 12.6. The van der Waals surface area contributed by atoms with E-state index in [4.69, 9.17) is 0 Å². The van der Waals surface area contributed by atoms with Crippen molar-refractivity contribution in [2.75, 3.05) is 26.2 Å². The predicted octanol–water partition coefficient (Wildman–Crippen LogP) is 1.70. The lowest BCUT2D eigenvalue weighted by molar-refractivity contribution is 0.0785. The molecule has 0 aromatic carbocycles. The van der Waals surface area contributed by atoms with E-state index < -0.39 is 0 Å². The van der Waals surface area contributed by atoms with Crippen molar-refractivity contribution in [2.24, 2.45) is 11.8 Å². The zero-order valence-corrected chi connectivity index (χ0v) is 12.4. The molecule has 3 heterocycles. The Morgan fingerprint density at radius 3 is 2.74 bits per heavy atom. The first-order valence-electron chi connectivity index (χ1n) is 7.15. The lowest BCUT2D eigenvalue weighted by atomic mass is 10.0. The molecule has 2 aliphatic heterocycles. The normalized spacial score (nSPS) is 25.9. The summed E-state index contributed by atoms with van der Waals surface area (Å²) in [6.45, 7) is 8.07. The van der Waals surface area contributed by atoms with E-state index in [9.17, 15) is 4.79 Å². The van der Waals surface area contributed by atoms with Gasteiger partial charge in [0.15, 0.2) is 0 Å². The third-order valence-electron chi connectivity index (χ3n) is 4.18. The van der Waals surface area contributed by atoms with E-state index >= 15 is 0 Å². The minimum Gasteiger partial charge on any atom is -0.337 e. The van der Waals surface area contributed by atoms with Crippen LogP contribution in [-0.4, -0.2) is 42.0 Å². The van der Waals surface area contributed by atoms with E-state index in [0.717, 1.165) is 54.6 Å². The van der Waals surface area contributed by atoms with Crippen molar-refractivity contribution < 1.29 is 4.79 Å². The van der Waals surface area contributed by atoms with Gasteiger partial charge in [0.25, 0.3) is 5.91 Å². The van der Waals surface area contributed by atoms with E-state index in [1.165, 1.54) is 0 Å². The predicted molar refractivity (Wildman–Crippen MR) is 76.6 cm³/mol. The standard InChI is InChI=1S/C14H21N3OS/c1-3-4-12-16-9(2)13(19-12)14(18)17-7-10-5-15-6-11(10)8-17/h10-11,15H,3-8H2,1-2H3/t10-,11+. The number of likely N-dealkylation sites (tertiary alicyclic amines) is 1. The van der Waals surface area contributed by atoms with Gasteiger partial charge in [0.2, 0.25) is 0 Å². The van der Waals surface area contributed by atoms with Crippen molar-refractivity contribution in [2.45, 2.75) is 26.7 Å². The molecule has 5 heteroatoms. The van der Waals surface area contributed by atoms with Gasteiger partial charge in [0.1, 0.15) is 4.88 Å². The molecule has 0 saturated carbocycles. The average Bonchev–Trinajstić information content (AvgIpc) is 3.02. The number of carbonyl (C=O) groups excluding carboxylic acids is 1. The average molecular weight is 279 g/mol. The SMILES string of the molecule is CCCc1nc(C)c(C(=O)N2C[C@H]3CNC[C@H]3C2)s1. The summed E-state index contributed by atoms with van der Waals surface area (Å²) in [5, 5.41) is 4.51. The minimum atomic E-state index is 0.201. The summed E-state index contributed by atoms with van der Waals surface area (Å²) in [4.78, 5) is 20.0. The number of rotatable bonds is 3. The quantitative estimate of drug-likeness (QED) is 0.916. The molecular formula is C14H21N3OS. The number of nitrogens with zero attached hydrogens (tertiary/aromatic N) is 2. The molecule has 104 valence electrons. The highest BCUT2D eigenvalue weighted by molar-refractivity contribution is 7.13.